The highest BCUT2D eigenvalue weighted by atomic mass is 32.1. The summed E-state index contributed by atoms with van der Waals surface area (Å²) >= 11 is 0.904. The molecule has 0 saturated heterocycles. The normalized spacial score (nSPS) is 12.7. The monoisotopic (exact) mass is 290 g/mol. The van der Waals surface area contributed by atoms with Gasteiger partial charge < -0.3 is 5.11 Å². The van der Waals surface area contributed by atoms with Gasteiger partial charge in [0.1, 0.15) is 16.1 Å². The molecule has 0 atom stereocenters. The quantitative estimate of drug-likeness (QED) is 0.715. The summed E-state index contributed by atoms with van der Waals surface area (Å²) in [6.45, 7) is 0. The summed E-state index contributed by atoms with van der Waals surface area (Å²) in [5.41, 5.74) is -0.845. The predicted octanol–water partition coefficient (Wildman–Crippen LogP) is 0.689. The Morgan fingerprint density at radius 1 is 1.20 bits per heavy atom. The Morgan fingerprint density at radius 3 is 2.55 bits per heavy atom. The molecule has 2 heterocycles. The number of aliphatic hydroxyl groups is 1. The van der Waals surface area contributed by atoms with Crippen molar-refractivity contribution in [2.75, 3.05) is 0 Å². The van der Waals surface area contributed by atoms with Gasteiger partial charge in [0.05, 0.1) is 0 Å². The molecule has 0 spiro atoms. The van der Waals surface area contributed by atoms with Gasteiger partial charge in [-0.25, -0.2) is 13.8 Å². The van der Waals surface area contributed by atoms with Crippen LogP contribution < -0.4 is 15.7 Å². The molecule has 0 bridgehead atoms. The van der Waals surface area contributed by atoms with Gasteiger partial charge in [0.2, 0.25) is 0 Å². The SMILES string of the molecule is O=c1ccnc2sc(=C(O)c3ccc(F)cc3)c(=O)n12. The number of hydrogen-bond acceptors (Lipinski definition) is 5. The van der Waals surface area contributed by atoms with Crippen molar-refractivity contribution in [1.82, 2.24) is 9.38 Å². The van der Waals surface area contributed by atoms with E-state index in [-0.39, 0.29) is 15.3 Å². The minimum Gasteiger partial charge on any atom is -0.506 e. The lowest BCUT2D eigenvalue weighted by atomic mass is 10.2. The predicted molar refractivity (Wildman–Crippen MR) is 72.4 cm³/mol. The first kappa shape index (κ1) is 12.5. The largest absolute Gasteiger partial charge is 0.506 e. The molecule has 0 aliphatic carbocycles. The Morgan fingerprint density at radius 2 is 1.90 bits per heavy atom. The molecule has 0 aliphatic heterocycles. The van der Waals surface area contributed by atoms with Gasteiger partial charge in [-0.1, -0.05) is 11.3 Å². The number of aliphatic hydroxyl groups excluding tert-OH is 1. The number of fused-ring (bicyclic) bond motifs is 1. The number of halogens is 1. The van der Waals surface area contributed by atoms with Gasteiger partial charge in [0, 0.05) is 17.8 Å². The zero-order valence-corrected chi connectivity index (χ0v) is 10.7. The van der Waals surface area contributed by atoms with Gasteiger partial charge in [0.15, 0.2) is 4.96 Å². The summed E-state index contributed by atoms with van der Waals surface area (Å²) in [7, 11) is 0. The highest BCUT2D eigenvalue weighted by Crippen LogP contribution is 2.10. The van der Waals surface area contributed by atoms with Crippen molar-refractivity contribution in [2.45, 2.75) is 0 Å². The molecule has 0 radical (unpaired) electrons. The highest BCUT2D eigenvalue weighted by molar-refractivity contribution is 7.15. The molecule has 0 unspecified atom stereocenters. The average Bonchev–Trinajstić information content (AvgIpc) is 2.77. The van der Waals surface area contributed by atoms with Gasteiger partial charge in [-0.15, -0.1) is 0 Å². The summed E-state index contributed by atoms with van der Waals surface area (Å²) in [6, 6.07) is 6.22. The minimum absolute atomic E-state index is 0.00703. The lowest BCUT2D eigenvalue weighted by Gasteiger charge is -1.97. The summed E-state index contributed by atoms with van der Waals surface area (Å²) in [6.07, 6.45) is 1.30. The van der Waals surface area contributed by atoms with Gasteiger partial charge in [0.25, 0.3) is 11.1 Å². The number of thiazole rings is 1. The first-order valence-electron chi connectivity index (χ1n) is 5.58. The molecule has 5 nitrogen and oxygen atoms in total. The second kappa shape index (κ2) is 4.53. The van der Waals surface area contributed by atoms with Crippen molar-refractivity contribution in [3.05, 3.63) is 73.1 Å². The molecule has 100 valence electrons. The van der Waals surface area contributed by atoms with Crippen molar-refractivity contribution in [3.63, 3.8) is 0 Å². The van der Waals surface area contributed by atoms with Crippen LogP contribution in [0.25, 0.3) is 10.7 Å². The molecule has 0 aliphatic rings. The second-order valence-electron chi connectivity index (χ2n) is 3.99. The van der Waals surface area contributed by atoms with E-state index in [1.807, 2.05) is 0 Å². The maximum atomic E-state index is 12.8. The van der Waals surface area contributed by atoms with Crippen molar-refractivity contribution in [3.8, 4) is 0 Å². The molecule has 0 saturated carbocycles. The van der Waals surface area contributed by atoms with E-state index in [0.717, 1.165) is 15.7 Å². The van der Waals surface area contributed by atoms with E-state index in [0.29, 0.717) is 5.56 Å². The maximum Gasteiger partial charge on any atom is 0.281 e. The third-order valence-electron chi connectivity index (χ3n) is 2.74. The van der Waals surface area contributed by atoms with Crippen LogP contribution in [-0.4, -0.2) is 14.5 Å². The summed E-state index contributed by atoms with van der Waals surface area (Å²) in [5.74, 6) is -0.747. The first-order chi connectivity index (χ1) is 9.58. The van der Waals surface area contributed by atoms with Crippen LogP contribution in [0.3, 0.4) is 0 Å². The summed E-state index contributed by atoms with van der Waals surface area (Å²) < 4.78 is 13.7. The Kier molecular flexibility index (Phi) is 2.83. The number of hydrogen-bond donors (Lipinski definition) is 1. The van der Waals surface area contributed by atoms with E-state index in [2.05, 4.69) is 4.98 Å². The van der Waals surface area contributed by atoms with E-state index in [9.17, 15) is 19.1 Å². The van der Waals surface area contributed by atoms with Gasteiger partial charge in [-0.2, -0.15) is 0 Å². The van der Waals surface area contributed by atoms with E-state index in [4.69, 9.17) is 0 Å². The smallest absolute Gasteiger partial charge is 0.281 e. The van der Waals surface area contributed by atoms with Crippen molar-refractivity contribution in [2.24, 2.45) is 0 Å². The third kappa shape index (κ3) is 1.88. The first-order valence-corrected chi connectivity index (χ1v) is 6.39. The molecule has 2 aromatic heterocycles. The number of aromatic nitrogens is 2. The van der Waals surface area contributed by atoms with Gasteiger partial charge in [-0.05, 0) is 24.3 Å². The topological polar surface area (TPSA) is 71.7 Å². The van der Waals surface area contributed by atoms with E-state index in [1.54, 1.807) is 0 Å². The molecule has 0 amide bonds. The highest BCUT2D eigenvalue weighted by Gasteiger charge is 2.11. The van der Waals surface area contributed by atoms with Crippen LogP contribution in [0.15, 0.2) is 46.1 Å². The zero-order valence-electron chi connectivity index (χ0n) is 9.91. The molecule has 7 heteroatoms. The molecule has 3 rings (SSSR count). The van der Waals surface area contributed by atoms with E-state index < -0.39 is 16.9 Å². The maximum absolute atomic E-state index is 12.8. The van der Waals surface area contributed by atoms with E-state index >= 15 is 0 Å². The average molecular weight is 290 g/mol. The minimum atomic E-state index is -0.634. The van der Waals surface area contributed by atoms with Crippen LogP contribution in [-0.2, 0) is 0 Å². The van der Waals surface area contributed by atoms with Crippen molar-refractivity contribution < 1.29 is 9.50 Å². The third-order valence-corrected chi connectivity index (χ3v) is 3.78. The zero-order chi connectivity index (χ0) is 14.3. The Bertz CT molecular complexity index is 960. The number of nitrogens with zero attached hydrogens (tertiary/aromatic N) is 2. The molecular weight excluding hydrogens is 283 g/mol. The number of benzene rings is 1. The summed E-state index contributed by atoms with van der Waals surface area (Å²) in [5, 5.41) is 10.1. The lowest BCUT2D eigenvalue weighted by Crippen LogP contribution is -2.31. The summed E-state index contributed by atoms with van der Waals surface area (Å²) in [4.78, 5) is 27.8. The van der Waals surface area contributed by atoms with Crippen molar-refractivity contribution >= 4 is 22.1 Å². The Balaban J connectivity index is 2.39. The lowest BCUT2D eigenvalue weighted by molar-refractivity contribution is 0.508. The van der Waals surface area contributed by atoms with Crippen LogP contribution in [0.1, 0.15) is 5.56 Å². The van der Waals surface area contributed by atoms with Crippen LogP contribution in [0.5, 0.6) is 0 Å². The molecule has 1 aromatic carbocycles. The van der Waals surface area contributed by atoms with Crippen LogP contribution in [0, 0.1) is 5.82 Å². The standard InChI is InChI=1S/C13H7FN2O3S/c14-8-3-1-7(2-4-8)10(18)11-12(19)16-9(17)5-6-15-13(16)20-11/h1-6,18H. The fourth-order valence-electron chi connectivity index (χ4n) is 1.78. The Hall–Kier alpha value is -2.54. The van der Waals surface area contributed by atoms with Crippen LogP contribution in [0.2, 0.25) is 0 Å². The fourth-order valence-corrected chi connectivity index (χ4v) is 2.73. The fraction of sp³-hybridized carbons (Fsp3) is 0. The number of rotatable bonds is 1. The molecule has 1 N–H and O–H groups in total. The second-order valence-corrected chi connectivity index (χ2v) is 4.97. The Labute approximate surface area is 114 Å². The van der Waals surface area contributed by atoms with Crippen LogP contribution >= 0.6 is 11.3 Å². The van der Waals surface area contributed by atoms with Gasteiger partial charge >= 0.3 is 0 Å². The molecule has 20 heavy (non-hydrogen) atoms. The van der Waals surface area contributed by atoms with Gasteiger partial charge in [-0.3, -0.25) is 9.59 Å². The van der Waals surface area contributed by atoms with E-state index in [1.165, 1.54) is 36.5 Å². The molecule has 0 fully saturated rings. The van der Waals surface area contributed by atoms with Crippen molar-refractivity contribution in [1.29, 1.82) is 0 Å². The molecule has 3 aromatic rings. The van der Waals surface area contributed by atoms with Crippen LogP contribution in [0.4, 0.5) is 4.39 Å². The molecular formula is C13H7FN2O3S.